The summed E-state index contributed by atoms with van der Waals surface area (Å²) in [5, 5.41) is 2.77. The lowest BCUT2D eigenvalue weighted by atomic mass is 10.2. The van der Waals surface area contributed by atoms with E-state index in [1.807, 2.05) is 18.2 Å². The van der Waals surface area contributed by atoms with Crippen LogP contribution < -0.4 is 10.2 Å². The first-order valence-electron chi connectivity index (χ1n) is 6.36. The van der Waals surface area contributed by atoms with Crippen molar-refractivity contribution in [2.75, 3.05) is 23.9 Å². The highest BCUT2D eigenvalue weighted by molar-refractivity contribution is 5.97. The van der Waals surface area contributed by atoms with Crippen molar-refractivity contribution in [3.63, 3.8) is 0 Å². The van der Waals surface area contributed by atoms with E-state index in [0.29, 0.717) is 12.1 Å². The van der Waals surface area contributed by atoms with Gasteiger partial charge < -0.3 is 15.0 Å². The first kappa shape index (κ1) is 13.5. The molecule has 1 fully saturated rings. The predicted molar refractivity (Wildman–Crippen MR) is 73.1 cm³/mol. The molecule has 0 aromatic heterocycles. The van der Waals surface area contributed by atoms with Crippen molar-refractivity contribution in [1.82, 2.24) is 0 Å². The second-order valence-electron chi connectivity index (χ2n) is 4.57. The van der Waals surface area contributed by atoms with Gasteiger partial charge in [-0.05, 0) is 31.5 Å². The van der Waals surface area contributed by atoms with E-state index in [2.05, 4.69) is 5.32 Å². The van der Waals surface area contributed by atoms with Gasteiger partial charge in [-0.2, -0.15) is 0 Å². The van der Waals surface area contributed by atoms with E-state index in [1.165, 1.54) is 7.11 Å². The third-order valence-corrected chi connectivity index (χ3v) is 3.22. The van der Waals surface area contributed by atoms with Gasteiger partial charge in [-0.3, -0.25) is 9.59 Å². The van der Waals surface area contributed by atoms with E-state index in [1.54, 1.807) is 17.9 Å². The first-order valence-corrected chi connectivity index (χ1v) is 6.36. The van der Waals surface area contributed by atoms with Crippen LogP contribution in [0.3, 0.4) is 0 Å². The summed E-state index contributed by atoms with van der Waals surface area (Å²) in [6.07, 6.45) is 0.977. The molecule has 0 spiro atoms. The van der Waals surface area contributed by atoms with E-state index in [0.717, 1.165) is 18.7 Å². The fraction of sp³-hybridized carbons (Fsp3) is 0.429. The number of hydrogen-bond donors (Lipinski definition) is 1. The predicted octanol–water partition coefficient (Wildman–Crippen LogP) is 1.79. The highest BCUT2D eigenvalue weighted by atomic mass is 16.5. The molecule has 1 N–H and O–H groups in total. The number of nitrogens with zero attached hydrogens (tertiary/aromatic N) is 1. The zero-order valence-electron chi connectivity index (χ0n) is 11.2. The zero-order chi connectivity index (χ0) is 13.8. The minimum Gasteiger partial charge on any atom is -0.372 e. The Morgan fingerprint density at radius 3 is 2.89 bits per heavy atom. The number of nitrogens with one attached hydrogen (secondary N) is 1. The molecule has 1 unspecified atom stereocenters. The largest absolute Gasteiger partial charge is 0.372 e. The molecule has 1 aliphatic heterocycles. The average molecular weight is 262 g/mol. The van der Waals surface area contributed by atoms with Crippen molar-refractivity contribution < 1.29 is 14.3 Å². The molecule has 1 aromatic rings. The molecule has 2 rings (SSSR count). The Hall–Kier alpha value is -1.88. The van der Waals surface area contributed by atoms with E-state index in [-0.39, 0.29) is 11.8 Å². The van der Waals surface area contributed by atoms with Gasteiger partial charge in [0, 0.05) is 31.5 Å². The maximum Gasteiger partial charge on any atom is 0.253 e. The molecular weight excluding hydrogens is 244 g/mol. The molecule has 1 heterocycles. The van der Waals surface area contributed by atoms with E-state index in [4.69, 9.17) is 4.74 Å². The third kappa shape index (κ3) is 3.12. The van der Waals surface area contributed by atoms with Crippen molar-refractivity contribution >= 4 is 23.2 Å². The van der Waals surface area contributed by atoms with Crippen LogP contribution in [0.2, 0.25) is 0 Å². The molecule has 1 aliphatic rings. The lowest BCUT2D eigenvalue weighted by Crippen LogP contribution is -2.27. The van der Waals surface area contributed by atoms with Crippen molar-refractivity contribution in [1.29, 1.82) is 0 Å². The Morgan fingerprint density at radius 2 is 2.26 bits per heavy atom. The molecule has 0 saturated carbocycles. The number of benzene rings is 1. The molecule has 5 heteroatoms. The van der Waals surface area contributed by atoms with Crippen LogP contribution in [0, 0.1) is 0 Å². The number of rotatable bonds is 4. The first-order chi connectivity index (χ1) is 9.11. The standard InChI is InChI=1S/C14H18N2O3/c1-10(19-2)14(18)15-11-5-3-6-12(9-11)16-8-4-7-13(16)17/h3,5-6,9-10H,4,7-8H2,1-2H3,(H,15,18). The van der Waals surface area contributed by atoms with Gasteiger partial charge in [-0.1, -0.05) is 6.07 Å². The summed E-state index contributed by atoms with van der Waals surface area (Å²) in [5.74, 6) is -0.0684. The van der Waals surface area contributed by atoms with Gasteiger partial charge in [0.05, 0.1) is 0 Å². The highest BCUT2D eigenvalue weighted by Crippen LogP contribution is 2.24. The maximum absolute atomic E-state index is 11.7. The summed E-state index contributed by atoms with van der Waals surface area (Å²) < 4.78 is 4.95. The molecule has 0 radical (unpaired) electrons. The van der Waals surface area contributed by atoms with E-state index < -0.39 is 6.10 Å². The van der Waals surface area contributed by atoms with Gasteiger partial charge in [0.15, 0.2) is 0 Å². The van der Waals surface area contributed by atoms with Crippen LogP contribution in [0.15, 0.2) is 24.3 Å². The fourth-order valence-electron chi connectivity index (χ4n) is 2.02. The third-order valence-electron chi connectivity index (χ3n) is 3.22. The van der Waals surface area contributed by atoms with Crippen molar-refractivity contribution in [2.24, 2.45) is 0 Å². The SMILES string of the molecule is COC(C)C(=O)Nc1cccc(N2CCCC2=O)c1. The van der Waals surface area contributed by atoms with E-state index in [9.17, 15) is 9.59 Å². The quantitative estimate of drug-likeness (QED) is 0.900. The topological polar surface area (TPSA) is 58.6 Å². The molecule has 1 saturated heterocycles. The molecule has 0 bridgehead atoms. The zero-order valence-corrected chi connectivity index (χ0v) is 11.2. The summed E-state index contributed by atoms with van der Waals surface area (Å²) in [6.45, 7) is 2.42. The van der Waals surface area contributed by atoms with Crippen molar-refractivity contribution in [3.8, 4) is 0 Å². The smallest absolute Gasteiger partial charge is 0.253 e. The lowest BCUT2D eigenvalue weighted by molar-refractivity contribution is -0.124. The number of hydrogen-bond acceptors (Lipinski definition) is 3. The Labute approximate surface area is 112 Å². The summed E-state index contributed by atoms with van der Waals surface area (Å²) in [4.78, 5) is 25.2. The highest BCUT2D eigenvalue weighted by Gasteiger charge is 2.22. The van der Waals surface area contributed by atoms with Gasteiger partial charge in [-0.25, -0.2) is 0 Å². The number of carbonyl (C=O) groups is 2. The van der Waals surface area contributed by atoms with Crippen molar-refractivity contribution in [3.05, 3.63) is 24.3 Å². The summed E-state index contributed by atoms with van der Waals surface area (Å²) >= 11 is 0. The molecule has 1 aromatic carbocycles. The summed E-state index contributed by atoms with van der Waals surface area (Å²) in [7, 11) is 1.49. The molecule has 19 heavy (non-hydrogen) atoms. The van der Waals surface area contributed by atoms with Crippen LogP contribution in [0.1, 0.15) is 19.8 Å². The number of carbonyl (C=O) groups excluding carboxylic acids is 2. The fourth-order valence-corrected chi connectivity index (χ4v) is 2.02. The normalized spacial score (nSPS) is 16.5. The van der Waals surface area contributed by atoms with Gasteiger partial charge in [-0.15, -0.1) is 0 Å². The molecular formula is C14H18N2O3. The van der Waals surface area contributed by atoms with Gasteiger partial charge in [0.2, 0.25) is 5.91 Å². The Kier molecular flexibility index (Phi) is 4.16. The van der Waals surface area contributed by atoms with Gasteiger partial charge in [0.1, 0.15) is 6.10 Å². The van der Waals surface area contributed by atoms with Crippen LogP contribution in [0.4, 0.5) is 11.4 Å². The van der Waals surface area contributed by atoms with Gasteiger partial charge in [0.25, 0.3) is 5.91 Å². The van der Waals surface area contributed by atoms with Crippen LogP contribution in [-0.2, 0) is 14.3 Å². The lowest BCUT2D eigenvalue weighted by Gasteiger charge is -2.17. The maximum atomic E-state index is 11.7. The summed E-state index contributed by atoms with van der Waals surface area (Å²) in [5.41, 5.74) is 1.50. The second-order valence-corrected chi connectivity index (χ2v) is 4.57. The van der Waals surface area contributed by atoms with Crippen LogP contribution in [-0.4, -0.2) is 31.6 Å². The molecule has 5 nitrogen and oxygen atoms in total. The Bertz CT molecular complexity index is 487. The average Bonchev–Trinajstić information content (AvgIpc) is 2.84. The number of anilines is 2. The van der Waals surface area contributed by atoms with Crippen LogP contribution in [0.25, 0.3) is 0 Å². The number of amides is 2. The number of methoxy groups -OCH3 is 1. The minimum absolute atomic E-state index is 0.133. The Morgan fingerprint density at radius 1 is 1.47 bits per heavy atom. The monoisotopic (exact) mass is 262 g/mol. The molecule has 0 aliphatic carbocycles. The van der Waals surface area contributed by atoms with E-state index >= 15 is 0 Å². The molecule has 1 atom stereocenters. The second kappa shape index (κ2) is 5.84. The summed E-state index contributed by atoms with van der Waals surface area (Å²) in [6, 6.07) is 7.31. The van der Waals surface area contributed by atoms with Gasteiger partial charge >= 0.3 is 0 Å². The van der Waals surface area contributed by atoms with Crippen LogP contribution >= 0.6 is 0 Å². The Balaban J connectivity index is 2.11. The van der Waals surface area contributed by atoms with Crippen LogP contribution in [0.5, 0.6) is 0 Å². The number of ether oxygens (including phenoxy) is 1. The minimum atomic E-state index is -0.503. The molecule has 102 valence electrons. The molecule has 2 amide bonds. The van der Waals surface area contributed by atoms with Crippen molar-refractivity contribution in [2.45, 2.75) is 25.9 Å².